The normalized spacial score (nSPS) is 10.9. The summed E-state index contributed by atoms with van der Waals surface area (Å²) in [6.45, 7) is 0.950. The Bertz CT molecular complexity index is 670. The molecule has 0 bridgehead atoms. The molecule has 1 aromatic carbocycles. The van der Waals surface area contributed by atoms with Crippen LogP contribution in [0, 0.1) is 0 Å². The predicted molar refractivity (Wildman–Crippen MR) is 81.2 cm³/mol. The third kappa shape index (κ3) is 4.71. The van der Waals surface area contributed by atoms with Gasteiger partial charge in [0.25, 0.3) is 0 Å². The van der Waals surface area contributed by atoms with Crippen molar-refractivity contribution in [3.63, 3.8) is 0 Å². The average Bonchev–Trinajstić information content (AvgIpc) is 2.43. The Morgan fingerprint density at radius 3 is 2.41 bits per heavy atom. The largest absolute Gasteiger partial charge is 0.495 e. The number of carbonyl (C=O) groups is 2. The van der Waals surface area contributed by atoms with Crippen LogP contribution in [0.15, 0.2) is 23.1 Å². The second-order valence-corrected chi connectivity index (χ2v) is 6.42. The summed E-state index contributed by atoms with van der Waals surface area (Å²) in [4.78, 5) is 23.8. The van der Waals surface area contributed by atoms with Gasteiger partial charge in [-0.25, -0.2) is 13.1 Å². The molecule has 0 spiro atoms. The quantitative estimate of drug-likeness (QED) is 0.765. The maximum absolute atomic E-state index is 12.2. The highest BCUT2D eigenvalue weighted by molar-refractivity contribution is 7.89. The summed E-state index contributed by atoms with van der Waals surface area (Å²) in [7, 11) is 0.582. The molecule has 2 amide bonds. The predicted octanol–water partition coefficient (Wildman–Crippen LogP) is 0.0201. The van der Waals surface area contributed by atoms with E-state index in [1.54, 1.807) is 0 Å². The van der Waals surface area contributed by atoms with Gasteiger partial charge in [-0.3, -0.25) is 9.59 Å². The second kappa shape index (κ2) is 7.23. The minimum Gasteiger partial charge on any atom is -0.495 e. The molecule has 0 aliphatic rings. The summed E-state index contributed by atoms with van der Waals surface area (Å²) in [5, 5.41) is 2.49. The van der Waals surface area contributed by atoms with E-state index in [1.165, 1.54) is 51.2 Å². The van der Waals surface area contributed by atoms with Crippen molar-refractivity contribution in [1.29, 1.82) is 0 Å². The van der Waals surface area contributed by atoms with Crippen LogP contribution in [0.4, 0.5) is 5.69 Å². The number of methoxy groups -OCH3 is 1. The fourth-order valence-corrected chi connectivity index (χ4v) is 2.54. The van der Waals surface area contributed by atoms with E-state index in [0.29, 0.717) is 5.75 Å². The molecule has 0 saturated carbocycles. The lowest BCUT2D eigenvalue weighted by atomic mass is 10.3. The molecule has 0 atom stereocenters. The van der Waals surface area contributed by atoms with E-state index in [-0.39, 0.29) is 28.9 Å². The topological polar surface area (TPSA) is 105 Å². The Morgan fingerprint density at radius 2 is 1.91 bits per heavy atom. The Labute approximate surface area is 129 Å². The Kier molecular flexibility index (Phi) is 5.89. The highest BCUT2D eigenvalue weighted by atomic mass is 32.2. The number of ether oxygens (including phenoxy) is 1. The molecule has 1 rings (SSSR count). The van der Waals surface area contributed by atoms with E-state index in [9.17, 15) is 18.0 Å². The van der Waals surface area contributed by atoms with Crippen molar-refractivity contribution in [2.45, 2.75) is 11.8 Å². The van der Waals surface area contributed by atoms with Gasteiger partial charge in [0.05, 0.1) is 24.2 Å². The van der Waals surface area contributed by atoms with E-state index in [1.807, 2.05) is 0 Å². The third-order valence-corrected chi connectivity index (χ3v) is 4.10. The summed E-state index contributed by atoms with van der Waals surface area (Å²) in [5.74, 6) is -0.402. The van der Waals surface area contributed by atoms with E-state index < -0.39 is 10.0 Å². The minimum atomic E-state index is -3.88. The molecule has 0 aliphatic carbocycles. The van der Waals surface area contributed by atoms with Crippen LogP contribution in [0.5, 0.6) is 5.75 Å². The van der Waals surface area contributed by atoms with E-state index in [2.05, 4.69) is 10.0 Å². The van der Waals surface area contributed by atoms with Crippen molar-refractivity contribution in [2.75, 3.05) is 33.1 Å². The Balaban J connectivity index is 3.04. The first-order valence-corrected chi connectivity index (χ1v) is 7.81. The standard InChI is InChI=1S/C13H19N3O5S/c1-9(17)15-11-7-10(5-6-12(11)21-4)22(19,20)14-8-13(18)16(2)3/h5-7,14H,8H2,1-4H3,(H,15,17). The van der Waals surface area contributed by atoms with Gasteiger partial charge in [-0.2, -0.15) is 0 Å². The van der Waals surface area contributed by atoms with Crippen molar-refractivity contribution < 1.29 is 22.7 Å². The van der Waals surface area contributed by atoms with Crippen molar-refractivity contribution >= 4 is 27.5 Å². The van der Waals surface area contributed by atoms with Gasteiger partial charge in [-0.05, 0) is 18.2 Å². The first-order valence-electron chi connectivity index (χ1n) is 6.33. The fraction of sp³-hybridized carbons (Fsp3) is 0.385. The lowest BCUT2D eigenvalue weighted by Crippen LogP contribution is -2.36. The number of sulfonamides is 1. The van der Waals surface area contributed by atoms with Gasteiger partial charge in [-0.1, -0.05) is 0 Å². The molecule has 1 aromatic rings. The molecule has 0 saturated heterocycles. The molecule has 0 aromatic heterocycles. The van der Waals surface area contributed by atoms with E-state index in [0.717, 1.165) is 0 Å². The van der Waals surface area contributed by atoms with Gasteiger partial charge >= 0.3 is 0 Å². The molecule has 0 fully saturated rings. The molecule has 0 heterocycles. The number of rotatable bonds is 6. The molecular weight excluding hydrogens is 310 g/mol. The number of amides is 2. The SMILES string of the molecule is COc1ccc(S(=O)(=O)NCC(=O)N(C)C)cc1NC(C)=O. The van der Waals surface area contributed by atoms with Gasteiger partial charge in [0.15, 0.2) is 0 Å². The van der Waals surface area contributed by atoms with Crippen LogP contribution in [0.1, 0.15) is 6.92 Å². The van der Waals surface area contributed by atoms with Crippen molar-refractivity contribution in [3.05, 3.63) is 18.2 Å². The number of benzene rings is 1. The highest BCUT2D eigenvalue weighted by Crippen LogP contribution is 2.27. The van der Waals surface area contributed by atoms with Crippen molar-refractivity contribution in [2.24, 2.45) is 0 Å². The third-order valence-electron chi connectivity index (χ3n) is 2.70. The van der Waals surface area contributed by atoms with Gasteiger partial charge < -0.3 is 15.0 Å². The van der Waals surface area contributed by atoms with Crippen molar-refractivity contribution in [3.8, 4) is 5.75 Å². The van der Waals surface area contributed by atoms with Crippen LogP contribution in [0.2, 0.25) is 0 Å². The van der Waals surface area contributed by atoms with Crippen LogP contribution < -0.4 is 14.8 Å². The summed E-state index contributed by atoms with van der Waals surface area (Å²) < 4.78 is 31.6. The lowest BCUT2D eigenvalue weighted by molar-refractivity contribution is -0.127. The van der Waals surface area contributed by atoms with Gasteiger partial charge in [-0.15, -0.1) is 0 Å². The number of likely N-dealkylation sites (N-methyl/N-ethyl adjacent to an activating group) is 1. The second-order valence-electron chi connectivity index (χ2n) is 4.66. The number of carbonyl (C=O) groups excluding carboxylic acids is 2. The number of hydrogen-bond acceptors (Lipinski definition) is 5. The number of nitrogens with one attached hydrogen (secondary N) is 2. The minimum absolute atomic E-state index is 0.0800. The summed E-state index contributed by atoms with van der Waals surface area (Å²) in [5.41, 5.74) is 0.233. The monoisotopic (exact) mass is 329 g/mol. The first-order chi connectivity index (χ1) is 10.2. The Morgan fingerprint density at radius 1 is 1.27 bits per heavy atom. The molecule has 0 radical (unpaired) electrons. The maximum Gasteiger partial charge on any atom is 0.241 e. The number of nitrogens with zero attached hydrogens (tertiary/aromatic N) is 1. The fourth-order valence-electron chi connectivity index (χ4n) is 1.54. The number of hydrogen-bond donors (Lipinski definition) is 2. The molecular formula is C13H19N3O5S. The van der Waals surface area contributed by atoms with Crippen LogP contribution in [-0.4, -0.2) is 52.9 Å². The molecule has 0 aliphatic heterocycles. The Hall–Kier alpha value is -2.13. The van der Waals surface area contributed by atoms with Crippen molar-refractivity contribution in [1.82, 2.24) is 9.62 Å². The maximum atomic E-state index is 12.2. The van der Waals surface area contributed by atoms with Gasteiger partial charge in [0.2, 0.25) is 21.8 Å². The molecule has 8 nitrogen and oxygen atoms in total. The lowest BCUT2D eigenvalue weighted by Gasteiger charge is -2.13. The first kappa shape index (κ1) is 17.9. The summed E-state index contributed by atoms with van der Waals surface area (Å²) in [6, 6.07) is 4.02. The van der Waals surface area contributed by atoms with Gasteiger partial charge in [0.1, 0.15) is 5.75 Å². The van der Waals surface area contributed by atoms with Crippen LogP contribution >= 0.6 is 0 Å². The molecule has 22 heavy (non-hydrogen) atoms. The summed E-state index contributed by atoms with van der Waals surface area (Å²) >= 11 is 0. The highest BCUT2D eigenvalue weighted by Gasteiger charge is 2.18. The zero-order chi connectivity index (χ0) is 16.9. The average molecular weight is 329 g/mol. The molecule has 122 valence electrons. The number of anilines is 1. The molecule has 2 N–H and O–H groups in total. The van der Waals surface area contributed by atoms with E-state index in [4.69, 9.17) is 4.74 Å². The van der Waals surface area contributed by atoms with Gasteiger partial charge in [0, 0.05) is 21.0 Å². The molecule has 9 heteroatoms. The summed E-state index contributed by atoms with van der Waals surface area (Å²) in [6.07, 6.45) is 0. The zero-order valence-corrected chi connectivity index (χ0v) is 13.7. The van der Waals surface area contributed by atoms with E-state index >= 15 is 0 Å². The zero-order valence-electron chi connectivity index (χ0n) is 12.8. The van der Waals surface area contributed by atoms with Crippen LogP contribution in [0.25, 0.3) is 0 Å². The molecule has 0 unspecified atom stereocenters. The van der Waals surface area contributed by atoms with Crippen LogP contribution in [-0.2, 0) is 19.6 Å². The smallest absolute Gasteiger partial charge is 0.241 e. The van der Waals surface area contributed by atoms with Crippen LogP contribution in [0.3, 0.4) is 0 Å².